The summed E-state index contributed by atoms with van der Waals surface area (Å²) in [6.45, 7) is 17.5. The summed E-state index contributed by atoms with van der Waals surface area (Å²) < 4.78 is 0. The fourth-order valence-corrected chi connectivity index (χ4v) is 10.3. The Kier molecular flexibility index (Phi) is 5.54. The molecule has 1 unspecified atom stereocenters. The van der Waals surface area contributed by atoms with E-state index in [0.29, 0.717) is 28.6 Å². The third-order valence-corrected chi connectivity index (χ3v) is 12.8. The Bertz CT molecular complexity index is 771. The molecule has 0 bridgehead atoms. The highest BCUT2D eigenvalue weighted by Crippen LogP contribution is 2.71. The van der Waals surface area contributed by atoms with Gasteiger partial charge in [0.05, 0.1) is 12.2 Å². The summed E-state index contributed by atoms with van der Waals surface area (Å²) in [7, 11) is 0. The minimum atomic E-state index is -0.306. The zero-order chi connectivity index (χ0) is 23.2. The van der Waals surface area contributed by atoms with Crippen LogP contribution in [0.2, 0.25) is 0 Å². The molecular formula is C30H50O2. The van der Waals surface area contributed by atoms with Gasteiger partial charge in [0.15, 0.2) is 0 Å². The van der Waals surface area contributed by atoms with E-state index in [2.05, 4.69) is 54.5 Å². The Morgan fingerprint density at radius 2 is 1.59 bits per heavy atom. The average Bonchev–Trinajstić information content (AvgIpc) is 3.30. The molecule has 0 amide bonds. The largest absolute Gasteiger partial charge is 0.393 e. The van der Waals surface area contributed by atoms with Crippen LogP contribution in [0.1, 0.15) is 99.8 Å². The van der Waals surface area contributed by atoms with E-state index >= 15 is 0 Å². The molecule has 0 heterocycles. The fourth-order valence-electron chi connectivity index (χ4n) is 10.3. The van der Waals surface area contributed by atoms with E-state index in [-0.39, 0.29) is 17.6 Å². The Balaban J connectivity index is 1.38. The zero-order valence-corrected chi connectivity index (χ0v) is 21.9. The quantitative estimate of drug-likeness (QED) is 0.467. The van der Waals surface area contributed by atoms with Crippen molar-refractivity contribution in [3.05, 3.63) is 11.6 Å². The lowest BCUT2D eigenvalue weighted by atomic mass is 9.46. The summed E-state index contributed by atoms with van der Waals surface area (Å²) in [4.78, 5) is 0. The van der Waals surface area contributed by atoms with Crippen molar-refractivity contribution in [2.24, 2.45) is 63.6 Å². The third-order valence-electron chi connectivity index (χ3n) is 12.8. The molecule has 0 saturated heterocycles. The number of hydrogen-bond donors (Lipinski definition) is 2. The van der Waals surface area contributed by atoms with Gasteiger partial charge in [-0.3, -0.25) is 0 Å². The van der Waals surface area contributed by atoms with Crippen LogP contribution >= 0.6 is 0 Å². The minimum absolute atomic E-state index is 0.204. The van der Waals surface area contributed by atoms with Crippen molar-refractivity contribution in [3.8, 4) is 0 Å². The topological polar surface area (TPSA) is 40.5 Å². The van der Waals surface area contributed by atoms with Crippen LogP contribution in [0, 0.1) is 63.6 Å². The molecule has 12 atom stereocenters. The lowest BCUT2D eigenvalue weighted by molar-refractivity contribution is -0.0982. The van der Waals surface area contributed by atoms with Gasteiger partial charge in [-0.15, -0.1) is 0 Å². The Morgan fingerprint density at radius 3 is 2.28 bits per heavy atom. The first-order chi connectivity index (χ1) is 14.9. The molecule has 182 valence electrons. The van der Waals surface area contributed by atoms with Crippen LogP contribution in [-0.4, -0.2) is 22.4 Å². The smallest absolute Gasteiger partial charge is 0.0757 e. The van der Waals surface area contributed by atoms with Crippen molar-refractivity contribution in [2.45, 2.75) is 112 Å². The highest BCUT2D eigenvalue weighted by atomic mass is 16.3. The van der Waals surface area contributed by atoms with Gasteiger partial charge in [-0.05, 0) is 115 Å². The van der Waals surface area contributed by atoms with Gasteiger partial charge >= 0.3 is 0 Å². The molecule has 2 heteroatoms. The first-order valence-electron chi connectivity index (χ1n) is 14.0. The molecular weight excluding hydrogens is 392 g/mol. The summed E-state index contributed by atoms with van der Waals surface area (Å²) in [6, 6.07) is 0. The van der Waals surface area contributed by atoms with E-state index in [0.717, 1.165) is 48.9 Å². The lowest BCUT2D eigenvalue weighted by Gasteiger charge is -2.59. The Morgan fingerprint density at radius 1 is 0.875 bits per heavy atom. The van der Waals surface area contributed by atoms with Crippen LogP contribution in [-0.2, 0) is 0 Å². The number of aliphatic hydroxyl groups excluding tert-OH is 2. The summed E-state index contributed by atoms with van der Waals surface area (Å²) in [6.07, 6.45) is 11.2. The summed E-state index contributed by atoms with van der Waals surface area (Å²) in [5, 5.41) is 21.7. The van der Waals surface area contributed by atoms with E-state index in [1.807, 2.05) is 0 Å². The van der Waals surface area contributed by atoms with E-state index in [1.165, 1.54) is 37.7 Å². The predicted molar refractivity (Wildman–Crippen MR) is 132 cm³/mol. The summed E-state index contributed by atoms with van der Waals surface area (Å²) in [5.41, 5.74) is 2.50. The molecule has 0 aliphatic heterocycles. The van der Waals surface area contributed by atoms with Crippen LogP contribution < -0.4 is 0 Å². The van der Waals surface area contributed by atoms with Gasteiger partial charge in [0, 0.05) is 0 Å². The third kappa shape index (κ3) is 3.17. The minimum Gasteiger partial charge on any atom is -0.393 e. The maximum Gasteiger partial charge on any atom is 0.0757 e. The number of aliphatic hydroxyl groups is 2. The first kappa shape index (κ1) is 23.4. The van der Waals surface area contributed by atoms with Gasteiger partial charge in [0.1, 0.15) is 0 Å². The van der Waals surface area contributed by atoms with Crippen LogP contribution in [0.25, 0.3) is 0 Å². The van der Waals surface area contributed by atoms with Gasteiger partial charge < -0.3 is 10.2 Å². The second kappa shape index (κ2) is 7.58. The standard InChI is InChI=1S/C30H50O2/c1-17(2)19(4)30(7)16-25(30)18(3)22-8-9-23-27-24(11-13-29(22,23)6)28(5)12-10-21(31)14-20(28)15-26(27)32/h15,17-19,21-27,31-32H,8-14,16H2,1-7H3/t18-,19+,21-,22+,23-,24-,25+,26?,27-,28-,29+,30+/m0/s1. The van der Waals surface area contributed by atoms with Gasteiger partial charge in [0.2, 0.25) is 0 Å². The van der Waals surface area contributed by atoms with Crippen molar-refractivity contribution in [3.63, 3.8) is 0 Å². The van der Waals surface area contributed by atoms with Crippen molar-refractivity contribution < 1.29 is 10.2 Å². The molecule has 0 spiro atoms. The second-order valence-corrected chi connectivity index (χ2v) is 14.2. The molecule has 0 radical (unpaired) electrons. The van der Waals surface area contributed by atoms with Gasteiger partial charge in [-0.1, -0.05) is 60.1 Å². The maximum absolute atomic E-state index is 11.4. The fraction of sp³-hybridized carbons (Fsp3) is 0.933. The van der Waals surface area contributed by atoms with Gasteiger partial charge in [-0.25, -0.2) is 0 Å². The number of rotatable bonds is 4. The van der Waals surface area contributed by atoms with Crippen molar-refractivity contribution in [1.82, 2.24) is 0 Å². The predicted octanol–water partition coefficient (Wildman–Crippen LogP) is 6.85. The molecule has 5 aliphatic carbocycles. The van der Waals surface area contributed by atoms with Crippen LogP contribution in [0.5, 0.6) is 0 Å². The molecule has 5 aliphatic rings. The molecule has 0 aromatic carbocycles. The Labute approximate surface area is 197 Å². The highest BCUT2D eigenvalue weighted by molar-refractivity contribution is 5.28. The molecule has 5 rings (SSSR count). The summed E-state index contributed by atoms with van der Waals surface area (Å²) >= 11 is 0. The number of fused-ring (bicyclic) bond motifs is 5. The van der Waals surface area contributed by atoms with Crippen molar-refractivity contribution in [1.29, 1.82) is 0 Å². The molecule has 4 saturated carbocycles. The van der Waals surface area contributed by atoms with Crippen molar-refractivity contribution >= 4 is 0 Å². The molecule has 2 N–H and O–H groups in total. The van der Waals surface area contributed by atoms with E-state index < -0.39 is 0 Å². The molecule has 0 aromatic rings. The normalized spacial score (nSPS) is 54.3. The first-order valence-corrected chi connectivity index (χ1v) is 14.0. The highest BCUT2D eigenvalue weighted by Gasteiger charge is 2.64. The Hall–Kier alpha value is -0.340. The van der Waals surface area contributed by atoms with Gasteiger partial charge in [0.25, 0.3) is 0 Å². The SMILES string of the molecule is CC(C)[C@@H](C)[C@@]1(C)C[C@@H]1[C@@H](C)[C@H]1CC[C@H]2[C@@H]3C(O)C=C4C[C@@H](O)CC[C@]4(C)[C@H]3CC[C@]12C. The average molecular weight is 443 g/mol. The second-order valence-electron chi connectivity index (χ2n) is 14.2. The number of hydrogen-bond acceptors (Lipinski definition) is 2. The summed E-state index contributed by atoms with van der Waals surface area (Å²) in [5.74, 6) is 5.78. The molecule has 0 aromatic heterocycles. The zero-order valence-electron chi connectivity index (χ0n) is 21.9. The van der Waals surface area contributed by atoms with Gasteiger partial charge in [-0.2, -0.15) is 0 Å². The monoisotopic (exact) mass is 442 g/mol. The van der Waals surface area contributed by atoms with E-state index in [1.54, 1.807) is 0 Å². The van der Waals surface area contributed by atoms with Crippen LogP contribution in [0.3, 0.4) is 0 Å². The maximum atomic E-state index is 11.4. The van der Waals surface area contributed by atoms with Crippen LogP contribution in [0.15, 0.2) is 11.6 Å². The van der Waals surface area contributed by atoms with Crippen molar-refractivity contribution in [2.75, 3.05) is 0 Å². The molecule has 2 nitrogen and oxygen atoms in total. The molecule has 4 fully saturated rings. The lowest BCUT2D eigenvalue weighted by Crippen LogP contribution is -2.55. The van der Waals surface area contributed by atoms with E-state index in [9.17, 15) is 10.2 Å². The van der Waals surface area contributed by atoms with E-state index in [4.69, 9.17) is 0 Å². The molecule has 32 heavy (non-hydrogen) atoms. The van der Waals surface area contributed by atoms with Crippen LogP contribution in [0.4, 0.5) is 0 Å².